The van der Waals surface area contributed by atoms with Crippen molar-refractivity contribution >= 4 is 34.9 Å². The summed E-state index contributed by atoms with van der Waals surface area (Å²) < 4.78 is 11.0. The number of alkyl halides is 1. The fourth-order valence-corrected chi connectivity index (χ4v) is 9.73. The first-order valence-electron chi connectivity index (χ1n) is 15.6. The van der Waals surface area contributed by atoms with Crippen molar-refractivity contribution < 1.29 is 19.1 Å². The molecular weight excluding hydrogens is 548 g/mol. The summed E-state index contributed by atoms with van der Waals surface area (Å²) in [4.78, 5) is 31.0. The number of hydrogen-bond acceptors (Lipinski definition) is 4. The number of rotatable bonds is 7. The first-order chi connectivity index (χ1) is 20.4. The van der Waals surface area contributed by atoms with E-state index in [1.54, 1.807) is 7.11 Å². The van der Waals surface area contributed by atoms with E-state index >= 15 is 0 Å². The maximum Gasteiger partial charge on any atom is 0.414 e. The number of benzene rings is 2. The van der Waals surface area contributed by atoms with E-state index in [1.807, 2.05) is 9.80 Å². The zero-order valence-corrected chi connectivity index (χ0v) is 25.4. The minimum absolute atomic E-state index is 0.0325. The van der Waals surface area contributed by atoms with Gasteiger partial charge in [0.2, 0.25) is 5.91 Å². The Hall–Kier alpha value is -2.83. The molecule has 2 atom stereocenters. The summed E-state index contributed by atoms with van der Waals surface area (Å²) >= 11 is 6.16. The molecule has 42 heavy (non-hydrogen) atoms. The average Bonchev–Trinajstić information content (AvgIpc) is 3.34. The van der Waals surface area contributed by atoms with Crippen molar-refractivity contribution in [3.8, 4) is 0 Å². The molecule has 0 spiro atoms. The SMILES string of the molecule is COCCOC(=O)N(c1ccc([C@H]2C3=C(C[C@H](C)N2C(=O)CCl)c2ccccc2C3)cc1)C12CC3CC(CC(C3)C1)C2. The minimum Gasteiger partial charge on any atom is -0.447 e. The number of fused-ring (bicyclic) bond motifs is 2. The van der Waals surface area contributed by atoms with E-state index in [1.165, 1.54) is 41.5 Å². The third kappa shape index (κ3) is 4.66. The number of hydrogen-bond donors (Lipinski definition) is 0. The number of halogens is 1. The molecule has 5 aliphatic carbocycles. The number of carbonyl (C=O) groups is 2. The normalized spacial score (nSPS) is 30.7. The highest BCUT2D eigenvalue weighted by atomic mass is 35.5. The standard InChI is InChI=1S/C35H41ClN2O4/c1-22-13-30-29-6-4-3-5-27(29)17-31(30)33(37(22)32(39)21-36)26-7-9-28(10-8-26)38(34(40)42-12-11-41-2)35-18-23-14-24(19-35)16-25(15-23)20-35/h3-10,22-25,33H,11-21H2,1-2H3/t22-,23?,24?,25?,33-,35?/m0/s1. The molecule has 4 saturated carbocycles. The smallest absolute Gasteiger partial charge is 0.414 e. The molecule has 1 aliphatic heterocycles. The van der Waals surface area contributed by atoms with Crippen LogP contribution in [0.5, 0.6) is 0 Å². The molecule has 1 heterocycles. The van der Waals surface area contributed by atoms with Crippen molar-refractivity contribution in [3.05, 3.63) is 70.8 Å². The van der Waals surface area contributed by atoms with Crippen LogP contribution in [0.2, 0.25) is 0 Å². The number of methoxy groups -OCH3 is 1. The maximum absolute atomic E-state index is 13.8. The quantitative estimate of drug-likeness (QED) is 0.254. The molecule has 2 amide bonds. The van der Waals surface area contributed by atoms with Crippen LogP contribution in [-0.4, -0.2) is 54.7 Å². The van der Waals surface area contributed by atoms with Crippen LogP contribution >= 0.6 is 11.6 Å². The second-order valence-electron chi connectivity index (χ2n) is 13.4. The largest absolute Gasteiger partial charge is 0.447 e. The number of amides is 2. The summed E-state index contributed by atoms with van der Waals surface area (Å²) in [5.74, 6) is 1.99. The van der Waals surface area contributed by atoms with E-state index < -0.39 is 0 Å². The summed E-state index contributed by atoms with van der Waals surface area (Å²) in [6, 6.07) is 16.9. The average molecular weight is 589 g/mol. The molecule has 0 aromatic heterocycles. The van der Waals surface area contributed by atoms with Gasteiger partial charge in [-0.15, -0.1) is 11.6 Å². The lowest BCUT2D eigenvalue weighted by Crippen LogP contribution is -2.62. The van der Waals surface area contributed by atoms with Gasteiger partial charge in [-0.1, -0.05) is 36.4 Å². The Kier molecular flexibility index (Phi) is 7.34. The van der Waals surface area contributed by atoms with Crippen molar-refractivity contribution in [2.45, 2.75) is 75.9 Å². The van der Waals surface area contributed by atoms with E-state index in [0.29, 0.717) is 24.4 Å². The Balaban J connectivity index is 1.25. The second kappa shape index (κ2) is 11.0. The van der Waals surface area contributed by atoms with Gasteiger partial charge in [0.25, 0.3) is 0 Å². The molecule has 4 bridgehead atoms. The van der Waals surface area contributed by atoms with Crippen LogP contribution in [0.15, 0.2) is 54.1 Å². The lowest BCUT2D eigenvalue weighted by Gasteiger charge is -2.59. The monoisotopic (exact) mass is 588 g/mol. The van der Waals surface area contributed by atoms with Gasteiger partial charge in [-0.3, -0.25) is 9.69 Å². The zero-order chi connectivity index (χ0) is 29.0. The topological polar surface area (TPSA) is 59.1 Å². The molecule has 4 fully saturated rings. The van der Waals surface area contributed by atoms with Gasteiger partial charge in [0.15, 0.2) is 0 Å². The number of anilines is 1. The fourth-order valence-electron chi connectivity index (χ4n) is 9.59. The van der Waals surface area contributed by atoms with Crippen LogP contribution in [0.3, 0.4) is 0 Å². The first-order valence-corrected chi connectivity index (χ1v) is 16.2. The van der Waals surface area contributed by atoms with E-state index in [4.69, 9.17) is 21.1 Å². The van der Waals surface area contributed by atoms with Gasteiger partial charge < -0.3 is 14.4 Å². The van der Waals surface area contributed by atoms with Crippen molar-refractivity contribution in [1.82, 2.24) is 4.90 Å². The predicted molar refractivity (Wildman–Crippen MR) is 164 cm³/mol. The predicted octanol–water partition coefficient (Wildman–Crippen LogP) is 7.16. The van der Waals surface area contributed by atoms with Gasteiger partial charge in [-0.05, 0) is 116 Å². The highest BCUT2D eigenvalue weighted by Gasteiger charge is 2.55. The summed E-state index contributed by atoms with van der Waals surface area (Å²) in [6.07, 6.45) is 8.44. The third-order valence-electron chi connectivity index (χ3n) is 10.7. The summed E-state index contributed by atoms with van der Waals surface area (Å²) in [5.41, 5.74) is 7.03. The van der Waals surface area contributed by atoms with Crippen LogP contribution in [0.4, 0.5) is 10.5 Å². The molecule has 8 rings (SSSR count). The summed E-state index contributed by atoms with van der Waals surface area (Å²) in [6.45, 7) is 2.74. The van der Waals surface area contributed by atoms with Gasteiger partial charge in [0.1, 0.15) is 12.5 Å². The zero-order valence-electron chi connectivity index (χ0n) is 24.7. The van der Waals surface area contributed by atoms with E-state index in [0.717, 1.165) is 43.4 Å². The van der Waals surface area contributed by atoms with Crippen molar-refractivity contribution in [1.29, 1.82) is 0 Å². The lowest BCUT2D eigenvalue weighted by atomic mass is 9.52. The number of carbonyl (C=O) groups excluding carboxylic acids is 2. The van der Waals surface area contributed by atoms with Crippen LogP contribution in [0, 0.1) is 17.8 Å². The molecule has 2 aromatic carbocycles. The molecule has 2 aromatic rings. The Labute approximate surface area is 254 Å². The molecule has 0 unspecified atom stereocenters. The lowest BCUT2D eigenvalue weighted by molar-refractivity contribution is -0.132. The van der Waals surface area contributed by atoms with Crippen molar-refractivity contribution in [3.63, 3.8) is 0 Å². The molecule has 6 nitrogen and oxygen atoms in total. The Morgan fingerprint density at radius 1 is 0.976 bits per heavy atom. The van der Waals surface area contributed by atoms with Gasteiger partial charge >= 0.3 is 6.09 Å². The molecule has 0 saturated heterocycles. The number of ether oxygens (including phenoxy) is 2. The van der Waals surface area contributed by atoms with Crippen LogP contribution in [0.25, 0.3) is 5.57 Å². The molecule has 7 heteroatoms. The van der Waals surface area contributed by atoms with Gasteiger partial charge in [-0.2, -0.15) is 0 Å². The number of nitrogens with zero attached hydrogens (tertiary/aromatic N) is 2. The van der Waals surface area contributed by atoms with Gasteiger partial charge in [0.05, 0.1) is 18.2 Å². The summed E-state index contributed by atoms with van der Waals surface area (Å²) in [7, 11) is 1.62. The minimum atomic E-state index is -0.275. The second-order valence-corrected chi connectivity index (χ2v) is 13.7. The molecule has 0 radical (unpaired) electrons. The Morgan fingerprint density at radius 3 is 2.29 bits per heavy atom. The first kappa shape index (κ1) is 28.0. The van der Waals surface area contributed by atoms with E-state index in [-0.39, 0.29) is 42.1 Å². The third-order valence-corrected chi connectivity index (χ3v) is 11.0. The highest BCUT2D eigenvalue weighted by molar-refractivity contribution is 6.27. The van der Waals surface area contributed by atoms with Crippen LogP contribution in [0.1, 0.15) is 74.6 Å². The maximum atomic E-state index is 13.8. The Morgan fingerprint density at radius 2 is 1.64 bits per heavy atom. The Bertz CT molecular complexity index is 1370. The van der Waals surface area contributed by atoms with Crippen molar-refractivity contribution in [2.75, 3.05) is 31.1 Å². The summed E-state index contributed by atoms with van der Waals surface area (Å²) in [5, 5.41) is 0. The van der Waals surface area contributed by atoms with E-state index in [2.05, 4.69) is 55.5 Å². The molecule has 6 aliphatic rings. The van der Waals surface area contributed by atoms with Gasteiger partial charge in [0, 0.05) is 18.8 Å². The highest BCUT2D eigenvalue weighted by Crippen LogP contribution is 2.58. The molecule has 0 N–H and O–H groups in total. The fraction of sp³-hybridized carbons (Fsp3) is 0.543. The van der Waals surface area contributed by atoms with Crippen LogP contribution < -0.4 is 4.90 Å². The molecule has 222 valence electrons. The van der Waals surface area contributed by atoms with E-state index in [9.17, 15) is 9.59 Å². The molecular formula is C35H41ClN2O4. The van der Waals surface area contributed by atoms with Crippen molar-refractivity contribution in [2.24, 2.45) is 17.8 Å². The van der Waals surface area contributed by atoms with Crippen LogP contribution in [-0.2, 0) is 20.7 Å². The van der Waals surface area contributed by atoms with Gasteiger partial charge in [-0.25, -0.2) is 4.79 Å².